The van der Waals surface area contributed by atoms with Gasteiger partial charge < -0.3 is 5.32 Å². The van der Waals surface area contributed by atoms with Crippen LogP contribution < -0.4 is 10.9 Å². The maximum absolute atomic E-state index is 11.9. The Morgan fingerprint density at radius 1 is 1.35 bits per heavy atom. The molecule has 110 valence electrons. The number of unbranched alkanes of at least 4 members (excludes halogenated alkanes) is 5. The third kappa shape index (κ3) is 5.38. The van der Waals surface area contributed by atoms with Crippen LogP contribution in [-0.2, 0) is 6.54 Å². The number of aromatic nitrogens is 2. The maximum atomic E-state index is 11.9. The molecule has 0 amide bonds. The van der Waals surface area contributed by atoms with E-state index in [1.54, 1.807) is 6.20 Å². The van der Waals surface area contributed by atoms with Crippen LogP contribution in [0, 0.1) is 12.3 Å². The van der Waals surface area contributed by atoms with E-state index >= 15 is 0 Å². The lowest BCUT2D eigenvalue weighted by atomic mass is 10.1. The summed E-state index contributed by atoms with van der Waals surface area (Å²) in [6, 6.07) is 0. The average molecular weight is 340 g/mol. The van der Waals surface area contributed by atoms with E-state index in [2.05, 4.69) is 39.2 Å². The van der Waals surface area contributed by atoms with E-state index in [-0.39, 0.29) is 12.1 Å². The predicted octanol–water partition coefficient (Wildman–Crippen LogP) is 3.41. The van der Waals surface area contributed by atoms with Gasteiger partial charge in [-0.1, -0.05) is 44.9 Å². The zero-order valence-electron chi connectivity index (χ0n) is 12.0. The minimum absolute atomic E-state index is 0.190. The van der Waals surface area contributed by atoms with Crippen LogP contribution in [0.5, 0.6) is 0 Å². The predicted molar refractivity (Wildman–Crippen MR) is 86.9 cm³/mol. The zero-order chi connectivity index (χ0) is 14.8. The summed E-state index contributed by atoms with van der Waals surface area (Å²) in [5.74, 6) is 2.41. The Labute approximate surface area is 129 Å². The average Bonchev–Trinajstić information content (AvgIpc) is 2.45. The first-order valence-corrected chi connectivity index (χ1v) is 7.93. The van der Waals surface area contributed by atoms with Crippen LogP contribution in [0.15, 0.2) is 15.5 Å². The minimum atomic E-state index is -0.198. The van der Waals surface area contributed by atoms with Gasteiger partial charge in [-0.05, 0) is 22.4 Å². The first-order chi connectivity index (χ1) is 9.70. The highest BCUT2D eigenvalue weighted by atomic mass is 79.9. The van der Waals surface area contributed by atoms with Crippen molar-refractivity contribution < 1.29 is 0 Å². The van der Waals surface area contributed by atoms with E-state index in [0.29, 0.717) is 4.47 Å². The van der Waals surface area contributed by atoms with Crippen molar-refractivity contribution in [1.29, 1.82) is 0 Å². The molecular weight excluding hydrogens is 318 g/mol. The summed E-state index contributed by atoms with van der Waals surface area (Å²) in [4.78, 5) is 11.9. The number of rotatable bonds is 9. The van der Waals surface area contributed by atoms with Crippen molar-refractivity contribution in [2.24, 2.45) is 0 Å². The van der Waals surface area contributed by atoms with Gasteiger partial charge in [0.1, 0.15) is 11.0 Å². The fourth-order valence-electron chi connectivity index (χ4n) is 1.92. The second-order valence-electron chi connectivity index (χ2n) is 4.73. The van der Waals surface area contributed by atoms with Crippen molar-refractivity contribution in [2.45, 2.75) is 52.0 Å². The first kappa shape index (κ1) is 16.8. The topological polar surface area (TPSA) is 46.9 Å². The number of nitrogens with zero attached hydrogens (tertiary/aromatic N) is 2. The molecule has 0 fully saturated rings. The largest absolute Gasteiger partial charge is 0.383 e. The molecule has 1 heterocycles. The molecular formula is C15H22BrN3O. The summed E-state index contributed by atoms with van der Waals surface area (Å²) in [5, 5.41) is 7.28. The molecule has 0 saturated carbocycles. The van der Waals surface area contributed by atoms with E-state index < -0.39 is 0 Å². The molecule has 1 aromatic heterocycles. The van der Waals surface area contributed by atoms with Gasteiger partial charge in [0.25, 0.3) is 5.56 Å². The van der Waals surface area contributed by atoms with Crippen molar-refractivity contribution in [2.75, 3.05) is 11.9 Å². The molecule has 0 atom stereocenters. The number of hydrogen-bond acceptors (Lipinski definition) is 3. The molecule has 0 saturated heterocycles. The van der Waals surface area contributed by atoms with Crippen molar-refractivity contribution in [1.82, 2.24) is 9.78 Å². The Morgan fingerprint density at radius 2 is 2.05 bits per heavy atom. The molecule has 5 heteroatoms. The summed E-state index contributed by atoms with van der Waals surface area (Å²) in [6.45, 7) is 3.26. The van der Waals surface area contributed by atoms with Gasteiger partial charge >= 0.3 is 0 Å². The van der Waals surface area contributed by atoms with Gasteiger partial charge in [-0.3, -0.25) is 4.79 Å². The summed E-state index contributed by atoms with van der Waals surface area (Å²) in [6.07, 6.45) is 14.3. The first-order valence-electron chi connectivity index (χ1n) is 7.13. The van der Waals surface area contributed by atoms with Crippen LogP contribution >= 0.6 is 15.9 Å². The Morgan fingerprint density at radius 3 is 2.75 bits per heavy atom. The van der Waals surface area contributed by atoms with E-state index in [1.165, 1.54) is 36.8 Å². The van der Waals surface area contributed by atoms with Gasteiger partial charge in [-0.25, -0.2) is 4.68 Å². The van der Waals surface area contributed by atoms with Gasteiger partial charge in [-0.2, -0.15) is 5.10 Å². The summed E-state index contributed by atoms with van der Waals surface area (Å²) >= 11 is 3.30. The van der Waals surface area contributed by atoms with Gasteiger partial charge in [-0.15, -0.1) is 6.42 Å². The van der Waals surface area contributed by atoms with Crippen LogP contribution in [0.2, 0.25) is 0 Å². The number of hydrogen-bond donors (Lipinski definition) is 1. The quantitative estimate of drug-likeness (QED) is 0.554. The van der Waals surface area contributed by atoms with Crippen LogP contribution in [0.3, 0.4) is 0 Å². The van der Waals surface area contributed by atoms with Crippen LogP contribution in [0.1, 0.15) is 45.4 Å². The minimum Gasteiger partial charge on any atom is -0.383 e. The molecule has 4 nitrogen and oxygen atoms in total. The molecule has 20 heavy (non-hydrogen) atoms. The SMILES string of the molecule is C#CCn1ncc(NCCCCCCCC)c(Br)c1=O. The van der Waals surface area contributed by atoms with Gasteiger partial charge in [0, 0.05) is 6.54 Å². The zero-order valence-corrected chi connectivity index (χ0v) is 13.6. The molecule has 0 radical (unpaired) electrons. The number of anilines is 1. The van der Waals surface area contributed by atoms with Crippen LogP contribution in [-0.4, -0.2) is 16.3 Å². The van der Waals surface area contributed by atoms with Gasteiger partial charge in [0.2, 0.25) is 0 Å². The van der Waals surface area contributed by atoms with E-state index in [4.69, 9.17) is 6.42 Å². The van der Waals surface area contributed by atoms with Crippen LogP contribution in [0.25, 0.3) is 0 Å². The van der Waals surface area contributed by atoms with Crippen molar-refractivity contribution in [3.8, 4) is 12.3 Å². The Bertz CT molecular complexity index is 505. The molecule has 0 bridgehead atoms. The molecule has 1 aromatic rings. The van der Waals surface area contributed by atoms with Crippen molar-refractivity contribution in [3.63, 3.8) is 0 Å². The second kappa shape index (κ2) is 9.60. The number of terminal acetylenes is 1. The second-order valence-corrected chi connectivity index (χ2v) is 5.53. The highest BCUT2D eigenvalue weighted by Crippen LogP contribution is 2.16. The maximum Gasteiger partial charge on any atom is 0.284 e. The fraction of sp³-hybridized carbons (Fsp3) is 0.600. The molecule has 0 unspecified atom stereocenters. The molecule has 1 rings (SSSR count). The highest BCUT2D eigenvalue weighted by Gasteiger charge is 2.07. The summed E-state index contributed by atoms with van der Waals surface area (Å²) in [7, 11) is 0. The van der Waals surface area contributed by atoms with Crippen molar-refractivity contribution in [3.05, 3.63) is 21.0 Å². The lowest BCUT2D eigenvalue weighted by Crippen LogP contribution is -2.24. The summed E-state index contributed by atoms with van der Waals surface area (Å²) < 4.78 is 1.76. The molecule has 0 aliphatic heterocycles. The number of nitrogens with one attached hydrogen (secondary N) is 1. The Kier molecular flexibility index (Phi) is 8.05. The third-order valence-electron chi connectivity index (χ3n) is 3.07. The molecule has 0 aliphatic carbocycles. The Hall–Kier alpha value is -1.28. The fourth-order valence-corrected chi connectivity index (χ4v) is 2.36. The highest BCUT2D eigenvalue weighted by molar-refractivity contribution is 9.10. The van der Waals surface area contributed by atoms with Gasteiger partial charge in [0.15, 0.2) is 0 Å². The van der Waals surface area contributed by atoms with E-state index in [0.717, 1.165) is 18.7 Å². The van der Waals surface area contributed by atoms with Gasteiger partial charge in [0.05, 0.1) is 11.9 Å². The molecule has 0 aliphatic rings. The van der Waals surface area contributed by atoms with Crippen LogP contribution in [0.4, 0.5) is 5.69 Å². The van der Waals surface area contributed by atoms with E-state index in [1.807, 2.05) is 0 Å². The monoisotopic (exact) mass is 339 g/mol. The standard InChI is InChI=1S/C15H22BrN3O/c1-3-5-6-7-8-9-10-17-13-12-18-19(11-4-2)15(20)14(13)16/h2,12,17H,3,5-11H2,1H3. The number of halogens is 1. The molecule has 0 aromatic carbocycles. The van der Waals surface area contributed by atoms with Crippen molar-refractivity contribution >= 4 is 21.6 Å². The lowest BCUT2D eigenvalue weighted by molar-refractivity contribution is 0.616. The summed E-state index contributed by atoms with van der Waals surface area (Å²) in [5.41, 5.74) is 0.535. The molecule has 0 spiro atoms. The normalized spacial score (nSPS) is 10.2. The molecule has 1 N–H and O–H groups in total. The smallest absolute Gasteiger partial charge is 0.284 e. The lowest BCUT2D eigenvalue weighted by Gasteiger charge is -2.09. The third-order valence-corrected chi connectivity index (χ3v) is 3.84. The Balaban J connectivity index is 2.40. The van der Waals surface area contributed by atoms with E-state index in [9.17, 15) is 4.79 Å².